The van der Waals surface area contributed by atoms with Gasteiger partial charge in [-0.1, -0.05) is 24.3 Å². The molecule has 1 unspecified atom stereocenters. The van der Waals surface area contributed by atoms with E-state index in [-0.39, 0.29) is 56.9 Å². The van der Waals surface area contributed by atoms with Crippen LogP contribution in [0.15, 0.2) is 43.4 Å². The van der Waals surface area contributed by atoms with Crippen molar-refractivity contribution in [2.24, 2.45) is 0 Å². The molecule has 9 heteroatoms. The SMILES string of the molecule is Cc1c(N)c2c(=O)c3ccccc3c(=O)c=2c(N)c(C)c(=O)n(CC(COC(C)(C)C)OC(C)(C)C)c1=O. The maximum atomic E-state index is 13.7. The van der Waals surface area contributed by atoms with E-state index in [1.54, 1.807) is 12.1 Å². The van der Waals surface area contributed by atoms with E-state index in [9.17, 15) is 19.2 Å². The molecule has 0 saturated carbocycles. The summed E-state index contributed by atoms with van der Waals surface area (Å²) >= 11 is 0. The fourth-order valence-electron chi connectivity index (χ4n) is 4.33. The number of nitrogen functional groups attached to an aromatic ring is 2. The van der Waals surface area contributed by atoms with Gasteiger partial charge in [-0.15, -0.1) is 0 Å². The Morgan fingerprint density at radius 2 is 1.18 bits per heavy atom. The Morgan fingerprint density at radius 3 is 1.55 bits per heavy atom. The van der Waals surface area contributed by atoms with Gasteiger partial charge < -0.3 is 20.9 Å². The van der Waals surface area contributed by atoms with Crippen LogP contribution in [0.2, 0.25) is 0 Å². The predicted octanol–water partition coefficient (Wildman–Crippen LogP) is 2.59. The summed E-state index contributed by atoms with van der Waals surface area (Å²) in [7, 11) is 0. The van der Waals surface area contributed by atoms with Gasteiger partial charge in [-0.25, -0.2) is 0 Å². The highest BCUT2D eigenvalue weighted by atomic mass is 16.6. The Hall–Kier alpha value is -3.56. The lowest BCUT2D eigenvalue weighted by atomic mass is 10.0. The van der Waals surface area contributed by atoms with Gasteiger partial charge in [0.25, 0.3) is 11.1 Å². The lowest BCUT2D eigenvalue weighted by Crippen LogP contribution is -2.43. The van der Waals surface area contributed by atoms with Gasteiger partial charge in [-0.2, -0.15) is 0 Å². The molecule has 0 amide bonds. The number of fused-ring (bicyclic) bond motifs is 1. The minimum Gasteiger partial charge on any atom is -0.398 e. The number of nitrogens with zero attached hydrogens (tertiary/aromatic N) is 1. The minimum absolute atomic E-state index is 0.0554. The van der Waals surface area contributed by atoms with Gasteiger partial charge in [-0.05, 0) is 55.4 Å². The summed E-state index contributed by atoms with van der Waals surface area (Å²) in [5, 5.41) is -0.0372. The van der Waals surface area contributed by atoms with Gasteiger partial charge in [-0.3, -0.25) is 23.7 Å². The average Bonchev–Trinajstić information content (AvgIpc) is 2.84. The third-order valence-corrected chi connectivity index (χ3v) is 6.21. The molecule has 0 radical (unpaired) electrons. The maximum Gasteiger partial charge on any atom is 0.258 e. The Kier molecular flexibility index (Phi) is 7.86. The van der Waals surface area contributed by atoms with Crippen LogP contribution in [0.4, 0.5) is 11.4 Å². The van der Waals surface area contributed by atoms with E-state index in [1.165, 1.54) is 26.0 Å². The largest absolute Gasteiger partial charge is 0.398 e. The molecule has 0 fully saturated rings. The molecule has 9 nitrogen and oxygen atoms in total. The summed E-state index contributed by atoms with van der Waals surface area (Å²) in [5.74, 6) is 0. The van der Waals surface area contributed by atoms with Gasteiger partial charge >= 0.3 is 0 Å². The molecular formula is C29H37N3O6. The molecule has 1 aromatic carbocycles. The quantitative estimate of drug-likeness (QED) is 0.519. The van der Waals surface area contributed by atoms with E-state index in [2.05, 4.69) is 0 Å². The summed E-state index contributed by atoms with van der Waals surface area (Å²) in [5.41, 5.74) is 8.67. The van der Waals surface area contributed by atoms with Crippen LogP contribution < -0.4 is 33.4 Å². The van der Waals surface area contributed by atoms with Crippen LogP contribution in [-0.4, -0.2) is 28.5 Å². The van der Waals surface area contributed by atoms with Crippen molar-refractivity contribution in [3.8, 4) is 0 Å². The Bertz CT molecular complexity index is 1610. The highest BCUT2D eigenvalue weighted by Gasteiger charge is 2.24. The first-order valence-electron chi connectivity index (χ1n) is 12.5. The topological polar surface area (TPSA) is 144 Å². The number of nitrogens with two attached hydrogens (primary N) is 2. The highest BCUT2D eigenvalue weighted by Crippen LogP contribution is 2.17. The molecule has 2 aliphatic rings. The normalized spacial score (nSPS) is 13.2. The number of aromatic nitrogens is 1. The van der Waals surface area contributed by atoms with E-state index in [1.807, 2.05) is 41.5 Å². The van der Waals surface area contributed by atoms with Crippen molar-refractivity contribution in [2.75, 3.05) is 18.1 Å². The van der Waals surface area contributed by atoms with Gasteiger partial charge in [0.2, 0.25) is 0 Å². The summed E-state index contributed by atoms with van der Waals surface area (Å²) < 4.78 is 13.1. The highest BCUT2D eigenvalue weighted by molar-refractivity contribution is 5.83. The number of ether oxygens (including phenoxy) is 2. The van der Waals surface area contributed by atoms with Crippen molar-refractivity contribution in [1.29, 1.82) is 0 Å². The molecule has 1 aliphatic carbocycles. The van der Waals surface area contributed by atoms with Gasteiger partial charge in [0.05, 0.1) is 52.3 Å². The fourth-order valence-corrected chi connectivity index (χ4v) is 4.33. The molecule has 38 heavy (non-hydrogen) atoms. The Morgan fingerprint density at radius 1 is 0.763 bits per heavy atom. The first-order valence-corrected chi connectivity index (χ1v) is 12.5. The molecular weight excluding hydrogens is 486 g/mol. The van der Waals surface area contributed by atoms with Crippen molar-refractivity contribution >= 4 is 22.1 Å². The minimum atomic E-state index is -0.717. The van der Waals surface area contributed by atoms with Crippen molar-refractivity contribution in [3.05, 3.63) is 87.0 Å². The van der Waals surface area contributed by atoms with E-state index >= 15 is 0 Å². The van der Waals surface area contributed by atoms with Gasteiger partial charge in [0.15, 0.2) is 10.9 Å². The molecule has 4 N–H and O–H groups in total. The van der Waals surface area contributed by atoms with Crippen molar-refractivity contribution in [1.82, 2.24) is 4.57 Å². The maximum absolute atomic E-state index is 13.7. The van der Waals surface area contributed by atoms with E-state index in [4.69, 9.17) is 20.9 Å². The molecule has 1 atom stereocenters. The van der Waals surface area contributed by atoms with Gasteiger partial charge in [0.1, 0.15) is 0 Å². The number of rotatable bonds is 5. The second-order valence-electron chi connectivity index (χ2n) is 11.5. The molecule has 1 aliphatic heterocycles. The molecule has 0 aromatic heterocycles. The first kappa shape index (κ1) is 29.0. The zero-order chi connectivity index (χ0) is 28.7. The van der Waals surface area contributed by atoms with Crippen LogP contribution in [0.25, 0.3) is 10.8 Å². The molecule has 0 spiro atoms. The fraction of sp³-hybridized carbons (Fsp3) is 0.448. The zero-order valence-corrected chi connectivity index (χ0v) is 23.4. The second kappa shape index (κ2) is 10.3. The summed E-state index contributed by atoms with van der Waals surface area (Å²) in [6, 6.07) is 6.30. The predicted molar refractivity (Wildman–Crippen MR) is 151 cm³/mol. The van der Waals surface area contributed by atoms with E-state index in [0.717, 1.165) is 4.57 Å². The Balaban J connectivity index is 2.50. The lowest BCUT2D eigenvalue weighted by Gasteiger charge is -2.30. The molecule has 1 aromatic rings. The second-order valence-corrected chi connectivity index (χ2v) is 11.5. The molecule has 204 valence electrons. The third-order valence-electron chi connectivity index (χ3n) is 6.21. The zero-order valence-electron chi connectivity index (χ0n) is 23.4. The summed E-state index contributed by atoms with van der Waals surface area (Å²) in [6.07, 6.45) is -0.680. The third kappa shape index (κ3) is 5.79. The molecule has 0 saturated heterocycles. The van der Waals surface area contributed by atoms with Crippen LogP contribution in [0, 0.1) is 24.3 Å². The van der Waals surface area contributed by atoms with Crippen LogP contribution in [-0.2, 0) is 16.0 Å². The Labute approximate surface area is 220 Å². The molecule has 0 bridgehead atoms. The van der Waals surface area contributed by atoms with E-state index in [0.29, 0.717) is 0 Å². The standard InChI is InChI=1S/C29H37N3O6/c1-15-22(30)20-21(25(34)19-12-10-9-11-18(19)24(20)33)23(31)16(2)27(36)32(26(15)35)13-17(38-29(6,7)8)14-37-28(3,4)5/h9-12,17H,13-14,30-31H2,1-8H3. The summed E-state index contributed by atoms with van der Waals surface area (Å²) in [4.78, 5) is 54.5. The van der Waals surface area contributed by atoms with Crippen LogP contribution in [0.5, 0.6) is 0 Å². The first-order chi connectivity index (χ1) is 17.4. The van der Waals surface area contributed by atoms with Gasteiger partial charge in [0, 0.05) is 21.9 Å². The molecule has 1 heterocycles. The smallest absolute Gasteiger partial charge is 0.258 e. The number of hydrogen-bond acceptors (Lipinski definition) is 8. The lowest BCUT2D eigenvalue weighted by molar-refractivity contribution is -0.124. The van der Waals surface area contributed by atoms with Crippen LogP contribution >= 0.6 is 0 Å². The monoisotopic (exact) mass is 523 g/mol. The number of anilines is 2. The van der Waals surface area contributed by atoms with Crippen molar-refractivity contribution in [2.45, 2.75) is 79.2 Å². The van der Waals surface area contributed by atoms with Crippen LogP contribution in [0.3, 0.4) is 0 Å². The average molecular weight is 524 g/mol. The molecule has 3 rings (SSSR count). The van der Waals surface area contributed by atoms with Crippen molar-refractivity contribution in [3.63, 3.8) is 0 Å². The van der Waals surface area contributed by atoms with E-state index < -0.39 is 39.3 Å². The van der Waals surface area contributed by atoms with Crippen molar-refractivity contribution < 1.29 is 9.47 Å². The summed E-state index contributed by atoms with van der Waals surface area (Å²) in [6.45, 7) is 14.0. The number of hydrogen-bond donors (Lipinski definition) is 2. The van der Waals surface area contributed by atoms with Crippen LogP contribution in [0.1, 0.15) is 52.7 Å². The number of benzene rings is 1.